The average molecular weight is 435 g/mol. The van der Waals surface area contributed by atoms with E-state index in [1.54, 1.807) is 0 Å². The Morgan fingerprint density at radius 1 is 1.00 bits per heavy atom. The summed E-state index contributed by atoms with van der Waals surface area (Å²) < 4.78 is 0. The number of aliphatic carboxylic acids is 3. The largest absolute Gasteiger partial charge is 0.481 e. The van der Waals surface area contributed by atoms with Gasteiger partial charge in [0.1, 0.15) is 12.1 Å². The average Bonchev–Trinajstić information content (AvgIpc) is 2.63. The standard InChI is InChI=1S/C9H11NO2.C5H12N2.C4H7NO4.ClH/c10-8(9(11)12)6-7-4-2-1-3-5-7;1-7-4-2-6-3-5-7;5-2(4(8)9)1-3(6)7;/h1-5,8H,6,10H2,(H,11,12);6H,2-5H2,1H3;2H,1,5H2,(H,6,7)(H,8,9);1H/t8-;;2-;/m0.0./s1. The number of carboxylic acid groups (broad SMARTS) is 3. The van der Waals surface area contributed by atoms with E-state index >= 15 is 0 Å². The molecule has 166 valence electrons. The summed E-state index contributed by atoms with van der Waals surface area (Å²) in [7, 11) is 2.15. The number of hydrogen-bond donors (Lipinski definition) is 6. The molecule has 0 unspecified atom stereocenters. The Morgan fingerprint density at radius 2 is 1.48 bits per heavy atom. The lowest BCUT2D eigenvalue weighted by molar-refractivity contribution is -0.144. The molecule has 11 heteroatoms. The fraction of sp³-hybridized carbons (Fsp3) is 0.500. The predicted molar refractivity (Wildman–Crippen MR) is 111 cm³/mol. The number of piperazine rings is 1. The first-order valence-electron chi connectivity index (χ1n) is 8.75. The molecule has 1 aromatic rings. The van der Waals surface area contributed by atoms with Gasteiger partial charge in [-0.15, -0.1) is 12.4 Å². The normalized spacial score (nSPS) is 15.1. The topological polar surface area (TPSA) is 179 Å². The van der Waals surface area contributed by atoms with Crippen LogP contribution in [0, 0.1) is 0 Å². The summed E-state index contributed by atoms with van der Waals surface area (Å²) in [4.78, 5) is 32.3. The molecule has 1 fully saturated rings. The molecule has 1 aromatic carbocycles. The van der Waals surface area contributed by atoms with Gasteiger partial charge in [-0.25, -0.2) is 0 Å². The Bertz CT molecular complexity index is 599. The maximum atomic E-state index is 10.4. The van der Waals surface area contributed by atoms with E-state index in [1.807, 2.05) is 30.3 Å². The quantitative estimate of drug-likeness (QED) is 0.340. The summed E-state index contributed by atoms with van der Waals surface area (Å²) in [6.45, 7) is 4.74. The molecule has 1 aliphatic rings. The number of nitrogens with zero attached hydrogens (tertiary/aromatic N) is 1. The third kappa shape index (κ3) is 16.4. The van der Waals surface area contributed by atoms with E-state index in [0.29, 0.717) is 6.42 Å². The van der Waals surface area contributed by atoms with Crippen LogP contribution in [-0.2, 0) is 20.8 Å². The van der Waals surface area contributed by atoms with Crippen molar-refractivity contribution >= 4 is 30.3 Å². The van der Waals surface area contributed by atoms with Crippen LogP contribution in [0.25, 0.3) is 0 Å². The van der Waals surface area contributed by atoms with Crippen molar-refractivity contribution in [3.63, 3.8) is 0 Å². The SMILES string of the molecule is CN1CCNCC1.Cl.N[C@@H](CC(=O)O)C(=O)O.N[C@@H](Cc1ccccc1)C(=O)O. The molecule has 1 saturated heterocycles. The Balaban J connectivity index is 0. The van der Waals surface area contributed by atoms with Gasteiger partial charge in [-0.1, -0.05) is 30.3 Å². The van der Waals surface area contributed by atoms with Gasteiger partial charge in [0.25, 0.3) is 0 Å². The van der Waals surface area contributed by atoms with Crippen LogP contribution < -0.4 is 16.8 Å². The zero-order chi connectivity index (χ0) is 21.5. The van der Waals surface area contributed by atoms with E-state index in [4.69, 9.17) is 26.8 Å². The van der Waals surface area contributed by atoms with Crippen molar-refractivity contribution in [1.82, 2.24) is 10.2 Å². The molecule has 1 aliphatic heterocycles. The fourth-order valence-electron chi connectivity index (χ4n) is 2.01. The molecule has 0 radical (unpaired) electrons. The van der Waals surface area contributed by atoms with Gasteiger partial charge in [0, 0.05) is 26.2 Å². The molecule has 0 aromatic heterocycles. The van der Waals surface area contributed by atoms with Crippen LogP contribution in [0.2, 0.25) is 0 Å². The summed E-state index contributed by atoms with van der Waals surface area (Å²) in [5.41, 5.74) is 11.1. The van der Waals surface area contributed by atoms with Crippen LogP contribution in [-0.4, -0.2) is 83.4 Å². The molecule has 10 nitrogen and oxygen atoms in total. The highest BCUT2D eigenvalue weighted by molar-refractivity contribution is 5.85. The lowest BCUT2D eigenvalue weighted by Crippen LogP contribution is -2.40. The molecular formula is C18H31ClN4O6. The van der Waals surface area contributed by atoms with Crippen LogP contribution in [0.15, 0.2) is 30.3 Å². The second kappa shape index (κ2) is 16.7. The smallest absolute Gasteiger partial charge is 0.321 e. The van der Waals surface area contributed by atoms with E-state index in [2.05, 4.69) is 17.3 Å². The number of carboxylic acids is 3. The maximum Gasteiger partial charge on any atom is 0.321 e. The highest BCUT2D eigenvalue weighted by Gasteiger charge is 2.14. The predicted octanol–water partition coefficient (Wildman–Crippen LogP) is -0.543. The number of hydrogen-bond acceptors (Lipinski definition) is 7. The molecular weight excluding hydrogens is 404 g/mol. The van der Waals surface area contributed by atoms with Crippen LogP contribution in [0.5, 0.6) is 0 Å². The minimum atomic E-state index is -1.29. The molecule has 0 saturated carbocycles. The van der Waals surface area contributed by atoms with Gasteiger partial charge in [0.05, 0.1) is 6.42 Å². The minimum Gasteiger partial charge on any atom is -0.481 e. The second-order valence-electron chi connectivity index (χ2n) is 6.23. The summed E-state index contributed by atoms with van der Waals surface area (Å²) in [5, 5.41) is 27.8. The van der Waals surface area contributed by atoms with E-state index in [0.717, 1.165) is 18.7 Å². The number of halogens is 1. The molecule has 1 heterocycles. The van der Waals surface area contributed by atoms with E-state index < -0.39 is 36.4 Å². The first kappa shape index (κ1) is 29.0. The number of benzene rings is 1. The van der Waals surface area contributed by atoms with Gasteiger partial charge in [-0.3, -0.25) is 14.4 Å². The highest BCUT2D eigenvalue weighted by atomic mass is 35.5. The lowest BCUT2D eigenvalue weighted by Gasteiger charge is -2.21. The summed E-state index contributed by atoms with van der Waals surface area (Å²) in [5.74, 6) is -3.46. The third-order valence-corrected chi connectivity index (χ3v) is 3.67. The van der Waals surface area contributed by atoms with E-state index in [-0.39, 0.29) is 12.4 Å². The van der Waals surface area contributed by atoms with Crippen LogP contribution in [0.4, 0.5) is 0 Å². The van der Waals surface area contributed by atoms with Crippen molar-refractivity contribution in [3.05, 3.63) is 35.9 Å². The number of carbonyl (C=O) groups is 3. The molecule has 0 amide bonds. The summed E-state index contributed by atoms with van der Waals surface area (Å²) in [6.07, 6.45) is -0.147. The molecule has 0 spiro atoms. The number of likely N-dealkylation sites (N-methyl/N-ethyl adjacent to an activating group) is 1. The van der Waals surface area contributed by atoms with Gasteiger partial charge in [-0.2, -0.15) is 0 Å². The number of nitrogens with two attached hydrogens (primary N) is 2. The first-order chi connectivity index (χ1) is 13.1. The fourth-order valence-corrected chi connectivity index (χ4v) is 2.01. The Hall–Kier alpha value is -2.24. The van der Waals surface area contributed by atoms with Crippen molar-refractivity contribution in [2.24, 2.45) is 11.5 Å². The molecule has 0 bridgehead atoms. The Kier molecular flexibility index (Phi) is 16.7. The van der Waals surface area contributed by atoms with Crippen molar-refractivity contribution in [1.29, 1.82) is 0 Å². The molecule has 8 N–H and O–H groups in total. The van der Waals surface area contributed by atoms with E-state index in [9.17, 15) is 14.4 Å². The van der Waals surface area contributed by atoms with E-state index in [1.165, 1.54) is 13.1 Å². The van der Waals surface area contributed by atoms with Crippen molar-refractivity contribution in [3.8, 4) is 0 Å². The Labute approximate surface area is 176 Å². The maximum absolute atomic E-state index is 10.4. The minimum absolute atomic E-state index is 0. The monoisotopic (exact) mass is 434 g/mol. The summed E-state index contributed by atoms with van der Waals surface area (Å²) in [6, 6.07) is 7.25. The second-order valence-corrected chi connectivity index (χ2v) is 6.23. The summed E-state index contributed by atoms with van der Waals surface area (Å²) >= 11 is 0. The molecule has 2 atom stereocenters. The molecule has 0 aliphatic carbocycles. The van der Waals surface area contributed by atoms with Gasteiger partial charge >= 0.3 is 17.9 Å². The Morgan fingerprint density at radius 3 is 1.79 bits per heavy atom. The van der Waals surface area contributed by atoms with Gasteiger partial charge in [0.15, 0.2) is 0 Å². The highest BCUT2D eigenvalue weighted by Crippen LogP contribution is 2.01. The van der Waals surface area contributed by atoms with Crippen molar-refractivity contribution in [2.45, 2.75) is 24.9 Å². The number of nitrogens with one attached hydrogen (secondary N) is 1. The van der Waals surface area contributed by atoms with Crippen LogP contribution >= 0.6 is 12.4 Å². The van der Waals surface area contributed by atoms with Gasteiger partial charge in [-0.05, 0) is 19.0 Å². The number of rotatable bonds is 6. The third-order valence-electron chi connectivity index (χ3n) is 3.67. The van der Waals surface area contributed by atoms with Gasteiger partial charge < -0.3 is 37.0 Å². The lowest BCUT2D eigenvalue weighted by atomic mass is 10.1. The molecule has 29 heavy (non-hydrogen) atoms. The molecule has 2 rings (SSSR count). The van der Waals surface area contributed by atoms with Gasteiger partial charge in [0.2, 0.25) is 0 Å². The first-order valence-corrected chi connectivity index (χ1v) is 8.75. The zero-order valence-corrected chi connectivity index (χ0v) is 17.2. The van der Waals surface area contributed by atoms with Crippen LogP contribution in [0.3, 0.4) is 0 Å². The zero-order valence-electron chi connectivity index (χ0n) is 16.4. The van der Waals surface area contributed by atoms with Crippen molar-refractivity contribution in [2.75, 3.05) is 33.2 Å². The van der Waals surface area contributed by atoms with Crippen molar-refractivity contribution < 1.29 is 29.7 Å². The van der Waals surface area contributed by atoms with Crippen LogP contribution in [0.1, 0.15) is 12.0 Å².